The van der Waals surface area contributed by atoms with E-state index in [9.17, 15) is 4.79 Å². The highest BCUT2D eigenvalue weighted by molar-refractivity contribution is 5.79. The third-order valence-corrected chi connectivity index (χ3v) is 3.45. The monoisotopic (exact) mass is 277 g/mol. The number of benzene rings is 1. The van der Waals surface area contributed by atoms with Crippen LogP contribution in [0, 0.1) is 0 Å². The molecule has 0 unspecified atom stereocenters. The molecule has 0 aromatic heterocycles. The van der Waals surface area contributed by atoms with Crippen LogP contribution in [-0.4, -0.2) is 49.4 Å². The van der Waals surface area contributed by atoms with Crippen molar-refractivity contribution < 1.29 is 4.79 Å². The van der Waals surface area contributed by atoms with Crippen LogP contribution in [0.3, 0.4) is 0 Å². The van der Waals surface area contributed by atoms with Gasteiger partial charge in [0.2, 0.25) is 5.91 Å². The van der Waals surface area contributed by atoms with Crippen molar-refractivity contribution in [1.82, 2.24) is 9.80 Å². The molecule has 0 spiro atoms. The molecule has 0 atom stereocenters. The zero-order chi connectivity index (χ0) is 15.0. The first-order valence-corrected chi connectivity index (χ1v) is 7.27. The van der Waals surface area contributed by atoms with E-state index < -0.39 is 0 Å². The summed E-state index contributed by atoms with van der Waals surface area (Å²) in [5, 5.41) is 0. The summed E-state index contributed by atoms with van der Waals surface area (Å²) in [6, 6.07) is 7.91. The molecule has 1 rings (SSSR count). The quantitative estimate of drug-likeness (QED) is 0.783. The Balaban J connectivity index is 2.58. The van der Waals surface area contributed by atoms with Crippen molar-refractivity contribution in [2.75, 3.05) is 33.7 Å². The van der Waals surface area contributed by atoms with Gasteiger partial charge in [-0.1, -0.05) is 24.3 Å². The van der Waals surface area contributed by atoms with E-state index in [1.807, 2.05) is 36.1 Å². The zero-order valence-corrected chi connectivity index (χ0v) is 12.9. The average Bonchev–Trinajstić information content (AvgIpc) is 2.43. The molecule has 0 saturated heterocycles. The lowest BCUT2D eigenvalue weighted by atomic mass is 10.0. The van der Waals surface area contributed by atoms with Crippen LogP contribution in [0.4, 0.5) is 0 Å². The summed E-state index contributed by atoms with van der Waals surface area (Å²) in [5.74, 6) is 0.187. The lowest BCUT2D eigenvalue weighted by Gasteiger charge is -2.22. The molecule has 0 bridgehead atoms. The fraction of sp³-hybridized carbons (Fsp3) is 0.562. The van der Waals surface area contributed by atoms with Crippen LogP contribution >= 0.6 is 0 Å². The van der Waals surface area contributed by atoms with Crippen molar-refractivity contribution >= 4 is 5.91 Å². The number of carbonyl (C=O) groups excluding carboxylic acids is 1. The number of amides is 1. The standard InChI is InChI=1S/C16H27N3O/c1-4-19(11-7-10-18(2)3)16(20)12-14-8-5-6-9-15(14)13-17/h5-6,8-9H,4,7,10-13,17H2,1-3H3. The van der Waals surface area contributed by atoms with Crippen molar-refractivity contribution in [2.45, 2.75) is 26.3 Å². The van der Waals surface area contributed by atoms with Gasteiger partial charge in [-0.2, -0.15) is 0 Å². The third kappa shape index (κ3) is 5.31. The highest BCUT2D eigenvalue weighted by atomic mass is 16.2. The highest BCUT2D eigenvalue weighted by Crippen LogP contribution is 2.10. The molecule has 0 radical (unpaired) electrons. The van der Waals surface area contributed by atoms with Gasteiger partial charge in [0.15, 0.2) is 0 Å². The maximum Gasteiger partial charge on any atom is 0.226 e. The molecular weight excluding hydrogens is 250 g/mol. The van der Waals surface area contributed by atoms with Gasteiger partial charge in [0.05, 0.1) is 6.42 Å². The molecule has 4 heteroatoms. The predicted molar refractivity (Wildman–Crippen MR) is 83.5 cm³/mol. The number of hydrogen-bond donors (Lipinski definition) is 1. The normalized spacial score (nSPS) is 10.8. The molecule has 0 aliphatic rings. The largest absolute Gasteiger partial charge is 0.343 e. The first kappa shape index (κ1) is 16.7. The Morgan fingerprint density at radius 3 is 2.35 bits per heavy atom. The molecule has 112 valence electrons. The first-order chi connectivity index (χ1) is 9.58. The lowest BCUT2D eigenvalue weighted by molar-refractivity contribution is -0.130. The Kier molecular flexibility index (Phi) is 7.26. The van der Waals surface area contributed by atoms with Gasteiger partial charge >= 0.3 is 0 Å². The van der Waals surface area contributed by atoms with Gasteiger partial charge in [0.25, 0.3) is 0 Å². The number of hydrogen-bond acceptors (Lipinski definition) is 3. The summed E-state index contributed by atoms with van der Waals surface area (Å²) in [6.45, 7) is 5.09. The zero-order valence-electron chi connectivity index (χ0n) is 12.9. The molecule has 4 nitrogen and oxygen atoms in total. The first-order valence-electron chi connectivity index (χ1n) is 7.27. The third-order valence-electron chi connectivity index (χ3n) is 3.45. The maximum atomic E-state index is 12.4. The minimum Gasteiger partial charge on any atom is -0.343 e. The van der Waals surface area contributed by atoms with E-state index in [4.69, 9.17) is 5.73 Å². The molecule has 0 heterocycles. The van der Waals surface area contributed by atoms with E-state index >= 15 is 0 Å². The number of likely N-dealkylation sites (N-methyl/N-ethyl adjacent to an activating group) is 1. The lowest BCUT2D eigenvalue weighted by Crippen LogP contribution is -2.34. The van der Waals surface area contributed by atoms with Gasteiger partial charge < -0.3 is 15.5 Å². The van der Waals surface area contributed by atoms with E-state index in [-0.39, 0.29) is 5.91 Å². The Hall–Kier alpha value is -1.39. The summed E-state index contributed by atoms with van der Waals surface area (Å²) < 4.78 is 0. The molecule has 0 aliphatic carbocycles. The van der Waals surface area contributed by atoms with Crippen molar-refractivity contribution in [2.24, 2.45) is 5.73 Å². The van der Waals surface area contributed by atoms with Crippen LogP contribution in [0.25, 0.3) is 0 Å². The van der Waals surface area contributed by atoms with Crippen molar-refractivity contribution in [1.29, 1.82) is 0 Å². The summed E-state index contributed by atoms with van der Waals surface area (Å²) in [7, 11) is 4.10. The molecule has 1 aromatic rings. The molecule has 0 saturated carbocycles. The minimum atomic E-state index is 0.187. The van der Waals surface area contributed by atoms with Crippen molar-refractivity contribution in [3.8, 4) is 0 Å². The second-order valence-electron chi connectivity index (χ2n) is 5.28. The molecule has 20 heavy (non-hydrogen) atoms. The fourth-order valence-electron chi connectivity index (χ4n) is 2.24. The smallest absolute Gasteiger partial charge is 0.226 e. The molecule has 0 fully saturated rings. The summed E-state index contributed by atoms with van der Waals surface area (Å²) >= 11 is 0. The van der Waals surface area contributed by atoms with Gasteiger partial charge in [-0.05, 0) is 45.1 Å². The van der Waals surface area contributed by atoms with E-state index in [1.165, 1.54) is 0 Å². The second-order valence-corrected chi connectivity index (χ2v) is 5.28. The van der Waals surface area contributed by atoms with Crippen LogP contribution in [0.5, 0.6) is 0 Å². The van der Waals surface area contributed by atoms with Crippen LogP contribution in [0.1, 0.15) is 24.5 Å². The molecular formula is C16H27N3O. The predicted octanol–water partition coefficient (Wildman–Crippen LogP) is 1.49. The summed E-state index contributed by atoms with van der Waals surface area (Å²) in [4.78, 5) is 16.4. The summed E-state index contributed by atoms with van der Waals surface area (Å²) in [6.07, 6.45) is 1.45. The Morgan fingerprint density at radius 1 is 1.15 bits per heavy atom. The van der Waals surface area contributed by atoms with Crippen molar-refractivity contribution in [3.05, 3.63) is 35.4 Å². The van der Waals surface area contributed by atoms with Gasteiger partial charge in [-0.3, -0.25) is 4.79 Å². The van der Waals surface area contributed by atoms with Gasteiger partial charge in [-0.25, -0.2) is 0 Å². The highest BCUT2D eigenvalue weighted by Gasteiger charge is 2.13. The molecule has 2 N–H and O–H groups in total. The van der Waals surface area contributed by atoms with Gasteiger partial charge in [0, 0.05) is 19.6 Å². The molecule has 0 aliphatic heterocycles. The van der Waals surface area contributed by atoms with Crippen molar-refractivity contribution in [3.63, 3.8) is 0 Å². The van der Waals surface area contributed by atoms with E-state index in [0.29, 0.717) is 13.0 Å². The minimum absolute atomic E-state index is 0.187. The van der Waals surface area contributed by atoms with Crippen LogP contribution in [0.15, 0.2) is 24.3 Å². The molecule has 1 amide bonds. The van der Waals surface area contributed by atoms with E-state index in [2.05, 4.69) is 19.0 Å². The van der Waals surface area contributed by atoms with Crippen LogP contribution < -0.4 is 5.73 Å². The Labute approximate surface area is 122 Å². The fourth-order valence-corrected chi connectivity index (χ4v) is 2.24. The van der Waals surface area contributed by atoms with E-state index in [1.54, 1.807) is 0 Å². The number of nitrogens with zero attached hydrogens (tertiary/aromatic N) is 2. The second kappa shape index (κ2) is 8.72. The number of rotatable bonds is 8. The topological polar surface area (TPSA) is 49.6 Å². The number of nitrogens with two attached hydrogens (primary N) is 1. The Morgan fingerprint density at radius 2 is 1.80 bits per heavy atom. The summed E-state index contributed by atoms with van der Waals surface area (Å²) in [5.41, 5.74) is 7.83. The molecule has 1 aromatic carbocycles. The number of carbonyl (C=O) groups is 1. The van der Waals surface area contributed by atoms with Gasteiger partial charge in [-0.15, -0.1) is 0 Å². The van der Waals surface area contributed by atoms with Crippen LogP contribution in [-0.2, 0) is 17.8 Å². The van der Waals surface area contributed by atoms with Gasteiger partial charge in [0.1, 0.15) is 0 Å². The Bertz CT molecular complexity index is 418. The van der Waals surface area contributed by atoms with E-state index in [0.717, 1.165) is 37.2 Å². The van der Waals surface area contributed by atoms with Crippen LogP contribution in [0.2, 0.25) is 0 Å². The SMILES string of the molecule is CCN(CCCN(C)C)C(=O)Cc1ccccc1CN. The maximum absolute atomic E-state index is 12.4. The average molecular weight is 277 g/mol.